The highest BCUT2D eigenvalue weighted by atomic mass is 32.2. The SMILES string of the molecule is Cc1ccc(S(=O)(=O)N2CCOCC2)cc1C(=O)N[C@@H](C)c1ccc(F)cc1. The molecule has 1 heterocycles. The lowest BCUT2D eigenvalue weighted by molar-refractivity contribution is 0.0730. The van der Waals surface area contributed by atoms with E-state index in [0.717, 1.165) is 5.56 Å². The zero-order valence-corrected chi connectivity index (χ0v) is 16.6. The summed E-state index contributed by atoms with van der Waals surface area (Å²) in [6, 6.07) is 10.1. The Morgan fingerprint density at radius 2 is 1.79 bits per heavy atom. The van der Waals surface area contributed by atoms with Gasteiger partial charge in [0.2, 0.25) is 10.0 Å². The van der Waals surface area contributed by atoms with E-state index in [4.69, 9.17) is 4.74 Å². The average molecular weight is 406 g/mol. The van der Waals surface area contributed by atoms with Gasteiger partial charge in [-0.05, 0) is 49.2 Å². The van der Waals surface area contributed by atoms with E-state index in [0.29, 0.717) is 37.4 Å². The second-order valence-electron chi connectivity index (χ2n) is 6.74. The highest BCUT2D eigenvalue weighted by Crippen LogP contribution is 2.21. The molecule has 0 bridgehead atoms. The van der Waals surface area contributed by atoms with Gasteiger partial charge in [0, 0.05) is 18.7 Å². The van der Waals surface area contributed by atoms with Crippen LogP contribution in [0.1, 0.15) is 34.5 Å². The normalized spacial score (nSPS) is 16.5. The average Bonchev–Trinajstić information content (AvgIpc) is 2.69. The van der Waals surface area contributed by atoms with Crippen LogP contribution in [0.15, 0.2) is 47.4 Å². The Kier molecular flexibility index (Phi) is 6.12. The summed E-state index contributed by atoms with van der Waals surface area (Å²) in [4.78, 5) is 12.8. The third-order valence-corrected chi connectivity index (χ3v) is 6.67. The fraction of sp³-hybridized carbons (Fsp3) is 0.350. The summed E-state index contributed by atoms with van der Waals surface area (Å²) in [6.07, 6.45) is 0. The molecule has 150 valence electrons. The summed E-state index contributed by atoms with van der Waals surface area (Å²) in [6.45, 7) is 4.83. The third kappa shape index (κ3) is 4.40. The van der Waals surface area contributed by atoms with Crippen molar-refractivity contribution in [3.63, 3.8) is 0 Å². The standard InChI is InChI=1S/C20H23FN2O4S/c1-14-3-8-18(28(25,26)23-9-11-27-12-10-23)13-19(14)20(24)22-15(2)16-4-6-17(21)7-5-16/h3-8,13,15H,9-12H2,1-2H3,(H,22,24)/t15-/m0/s1. The molecule has 0 spiro atoms. The highest BCUT2D eigenvalue weighted by molar-refractivity contribution is 7.89. The van der Waals surface area contributed by atoms with E-state index in [9.17, 15) is 17.6 Å². The van der Waals surface area contributed by atoms with Crippen molar-refractivity contribution < 1.29 is 22.3 Å². The van der Waals surface area contributed by atoms with Crippen LogP contribution < -0.4 is 5.32 Å². The van der Waals surface area contributed by atoms with E-state index in [1.807, 2.05) is 0 Å². The summed E-state index contributed by atoms with van der Waals surface area (Å²) in [5, 5.41) is 2.84. The number of ether oxygens (including phenoxy) is 1. The molecule has 0 unspecified atom stereocenters. The summed E-state index contributed by atoms with van der Waals surface area (Å²) in [5.41, 5.74) is 1.72. The van der Waals surface area contributed by atoms with Gasteiger partial charge in [0.25, 0.3) is 5.91 Å². The molecule has 1 fully saturated rings. The van der Waals surface area contributed by atoms with Crippen molar-refractivity contribution in [3.8, 4) is 0 Å². The van der Waals surface area contributed by atoms with Gasteiger partial charge in [-0.3, -0.25) is 4.79 Å². The second kappa shape index (κ2) is 8.38. The summed E-state index contributed by atoms with van der Waals surface area (Å²) in [5.74, 6) is -0.729. The van der Waals surface area contributed by atoms with Crippen molar-refractivity contribution in [3.05, 3.63) is 65.0 Å². The van der Waals surface area contributed by atoms with E-state index in [1.54, 1.807) is 32.0 Å². The molecule has 1 saturated heterocycles. The van der Waals surface area contributed by atoms with Gasteiger partial charge >= 0.3 is 0 Å². The predicted molar refractivity (Wildman–Crippen MR) is 103 cm³/mol. The minimum Gasteiger partial charge on any atom is -0.379 e. The first-order valence-corrected chi connectivity index (χ1v) is 10.5. The molecular weight excluding hydrogens is 383 g/mol. The van der Waals surface area contributed by atoms with Gasteiger partial charge < -0.3 is 10.1 Å². The molecule has 0 radical (unpaired) electrons. The molecule has 28 heavy (non-hydrogen) atoms. The Labute approximate surface area is 164 Å². The maximum atomic E-state index is 13.1. The maximum absolute atomic E-state index is 13.1. The van der Waals surface area contributed by atoms with E-state index in [1.165, 1.54) is 28.6 Å². The third-order valence-electron chi connectivity index (χ3n) is 4.78. The predicted octanol–water partition coefficient (Wildman–Crippen LogP) is 2.65. The lowest BCUT2D eigenvalue weighted by Crippen LogP contribution is -2.40. The van der Waals surface area contributed by atoms with Crippen molar-refractivity contribution in [2.45, 2.75) is 24.8 Å². The molecule has 8 heteroatoms. The molecule has 1 aliphatic heterocycles. The molecule has 2 aromatic rings. The number of benzene rings is 2. The summed E-state index contributed by atoms with van der Waals surface area (Å²) >= 11 is 0. The first kappa shape index (κ1) is 20.4. The first-order valence-electron chi connectivity index (χ1n) is 9.04. The van der Waals surface area contributed by atoms with Crippen LogP contribution in [0, 0.1) is 12.7 Å². The van der Waals surface area contributed by atoms with Gasteiger partial charge in [0.05, 0.1) is 24.2 Å². The number of halogens is 1. The van der Waals surface area contributed by atoms with Crippen molar-refractivity contribution in [1.29, 1.82) is 0 Å². The number of morpholine rings is 1. The van der Waals surface area contributed by atoms with Crippen molar-refractivity contribution in [1.82, 2.24) is 9.62 Å². The molecule has 1 amide bonds. The van der Waals surface area contributed by atoms with Crippen LogP contribution in [-0.4, -0.2) is 44.9 Å². The van der Waals surface area contributed by atoms with Crippen LogP contribution in [0.2, 0.25) is 0 Å². The van der Waals surface area contributed by atoms with E-state index in [-0.39, 0.29) is 22.7 Å². The van der Waals surface area contributed by atoms with Gasteiger partial charge in [0.1, 0.15) is 5.82 Å². The molecular formula is C20H23FN2O4S. The minimum absolute atomic E-state index is 0.0829. The number of rotatable bonds is 5. The molecule has 0 aromatic heterocycles. The summed E-state index contributed by atoms with van der Waals surface area (Å²) in [7, 11) is -3.69. The second-order valence-corrected chi connectivity index (χ2v) is 8.68. The Morgan fingerprint density at radius 3 is 2.43 bits per heavy atom. The van der Waals surface area contributed by atoms with Crippen LogP contribution in [-0.2, 0) is 14.8 Å². The van der Waals surface area contributed by atoms with Crippen LogP contribution in [0.25, 0.3) is 0 Å². The number of carbonyl (C=O) groups excluding carboxylic acids is 1. The van der Waals surface area contributed by atoms with E-state index >= 15 is 0 Å². The number of nitrogens with zero attached hydrogens (tertiary/aromatic N) is 1. The monoisotopic (exact) mass is 406 g/mol. The Morgan fingerprint density at radius 1 is 1.14 bits per heavy atom. The van der Waals surface area contributed by atoms with Gasteiger partial charge in [-0.2, -0.15) is 4.31 Å². The first-order chi connectivity index (χ1) is 13.3. The molecule has 0 aliphatic carbocycles. The van der Waals surface area contributed by atoms with Crippen molar-refractivity contribution in [2.75, 3.05) is 26.3 Å². The smallest absolute Gasteiger partial charge is 0.252 e. The Bertz CT molecular complexity index is 955. The lowest BCUT2D eigenvalue weighted by atomic mass is 10.1. The van der Waals surface area contributed by atoms with Gasteiger partial charge in [-0.25, -0.2) is 12.8 Å². The fourth-order valence-electron chi connectivity index (χ4n) is 3.05. The van der Waals surface area contributed by atoms with Gasteiger partial charge in [0.15, 0.2) is 0 Å². The molecule has 0 saturated carbocycles. The maximum Gasteiger partial charge on any atom is 0.252 e. The number of hydrogen-bond acceptors (Lipinski definition) is 4. The lowest BCUT2D eigenvalue weighted by Gasteiger charge is -2.26. The Hall–Kier alpha value is -2.29. The number of carbonyl (C=O) groups is 1. The Balaban J connectivity index is 1.82. The molecule has 6 nitrogen and oxygen atoms in total. The zero-order valence-electron chi connectivity index (χ0n) is 15.8. The van der Waals surface area contributed by atoms with Crippen LogP contribution >= 0.6 is 0 Å². The quantitative estimate of drug-likeness (QED) is 0.828. The molecule has 1 atom stereocenters. The van der Waals surface area contributed by atoms with Crippen LogP contribution in [0.3, 0.4) is 0 Å². The summed E-state index contributed by atoms with van der Waals surface area (Å²) < 4.78 is 45.4. The van der Waals surface area contributed by atoms with Gasteiger partial charge in [-0.1, -0.05) is 18.2 Å². The largest absolute Gasteiger partial charge is 0.379 e. The number of aryl methyl sites for hydroxylation is 1. The van der Waals surface area contributed by atoms with Crippen molar-refractivity contribution >= 4 is 15.9 Å². The van der Waals surface area contributed by atoms with Gasteiger partial charge in [-0.15, -0.1) is 0 Å². The highest BCUT2D eigenvalue weighted by Gasteiger charge is 2.27. The van der Waals surface area contributed by atoms with Crippen LogP contribution in [0.4, 0.5) is 4.39 Å². The van der Waals surface area contributed by atoms with Crippen LogP contribution in [0.5, 0.6) is 0 Å². The molecule has 1 N–H and O–H groups in total. The molecule has 3 rings (SSSR count). The number of nitrogens with one attached hydrogen (secondary N) is 1. The molecule has 1 aliphatic rings. The number of sulfonamides is 1. The zero-order chi connectivity index (χ0) is 20.3. The van der Waals surface area contributed by atoms with Crippen molar-refractivity contribution in [2.24, 2.45) is 0 Å². The topological polar surface area (TPSA) is 75.7 Å². The molecule has 2 aromatic carbocycles. The number of hydrogen-bond donors (Lipinski definition) is 1. The van der Waals surface area contributed by atoms with E-state index in [2.05, 4.69) is 5.32 Å². The van der Waals surface area contributed by atoms with E-state index < -0.39 is 10.0 Å². The minimum atomic E-state index is -3.69. The fourth-order valence-corrected chi connectivity index (χ4v) is 4.49. The number of amides is 1.